The lowest BCUT2D eigenvalue weighted by Gasteiger charge is -2.32. The lowest BCUT2D eigenvalue weighted by atomic mass is 9.91. The average Bonchev–Trinajstić information content (AvgIpc) is 3.18. The van der Waals surface area contributed by atoms with Crippen LogP contribution < -0.4 is 5.73 Å². The molecule has 25 heavy (non-hydrogen) atoms. The Morgan fingerprint density at radius 1 is 1.16 bits per heavy atom. The zero-order valence-corrected chi connectivity index (χ0v) is 13.8. The van der Waals surface area contributed by atoms with E-state index in [1.807, 2.05) is 37.3 Å². The molecule has 1 fully saturated rings. The Labute approximate surface area is 145 Å². The van der Waals surface area contributed by atoms with Crippen molar-refractivity contribution in [3.05, 3.63) is 35.9 Å². The van der Waals surface area contributed by atoms with E-state index in [9.17, 15) is 10.2 Å². The molecule has 0 aliphatic carbocycles. The second-order valence-electron chi connectivity index (χ2n) is 6.56. The summed E-state index contributed by atoms with van der Waals surface area (Å²) >= 11 is 0. The molecule has 8 nitrogen and oxygen atoms in total. The summed E-state index contributed by atoms with van der Waals surface area (Å²) in [5, 5.41) is 21.1. The molecule has 1 saturated heterocycles. The van der Waals surface area contributed by atoms with Gasteiger partial charge in [0, 0.05) is 5.92 Å². The molecule has 7 atom stereocenters. The molecule has 4 rings (SSSR count). The van der Waals surface area contributed by atoms with E-state index in [0.29, 0.717) is 5.84 Å². The van der Waals surface area contributed by atoms with Crippen LogP contribution in [0.25, 0.3) is 0 Å². The number of hydrogen-bond donors (Lipinski definition) is 3. The molecule has 3 aliphatic heterocycles. The van der Waals surface area contributed by atoms with E-state index >= 15 is 0 Å². The maximum absolute atomic E-state index is 10.5. The van der Waals surface area contributed by atoms with E-state index in [4.69, 9.17) is 10.5 Å². The molecule has 1 aromatic carbocycles. The summed E-state index contributed by atoms with van der Waals surface area (Å²) in [6.45, 7) is 1.97. The quantitative estimate of drug-likeness (QED) is 0.695. The fourth-order valence-corrected chi connectivity index (χ4v) is 3.60. The van der Waals surface area contributed by atoms with Gasteiger partial charge in [-0.25, -0.2) is 9.98 Å². The van der Waals surface area contributed by atoms with E-state index < -0.39 is 30.7 Å². The second-order valence-corrected chi connectivity index (χ2v) is 6.56. The number of amidine groups is 1. The molecule has 0 aromatic heterocycles. The topological polar surface area (TPSA) is 116 Å². The minimum Gasteiger partial charge on any atom is -0.387 e. The molecule has 8 heteroatoms. The van der Waals surface area contributed by atoms with E-state index in [-0.39, 0.29) is 12.0 Å². The normalized spacial score (nSPS) is 37.9. The summed E-state index contributed by atoms with van der Waals surface area (Å²) in [6, 6.07) is 9.40. The number of benzene rings is 1. The number of ether oxygens (including phenoxy) is 1. The van der Waals surface area contributed by atoms with Gasteiger partial charge in [0.2, 0.25) is 0 Å². The zero-order chi connectivity index (χ0) is 17.6. The lowest BCUT2D eigenvalue weighted by Crippen LogP contribution is -2.51. The third kappa shape index (κ3) is 2.62. The molecule has 0 bridgehead atoms. The molecule has 1 aromatic rings. The van der Waals surface area contributed by atoms with Crippen LogP contribution in [-0.4, -0.2) is 70.4 Å². The van der Waals surface area contributed by atoms with Gasteiger partial charge in [-0.1, -0.05) is 37.3 Å². The van der Waals surface area contributed by atoms with Crippen molar-refractivity contribution in [3.8, 4) is 0 Å². The first-order valence-corrected chi connectivity index (χ1v) is 8.30. The Bertz CT molecular complexity index is 722. The van der Waals surface area contributed by atoms with Crippen molar-refractivity contribution < 1.29 is 14.9 Å². The molecule has 0 spiro atoms. The number of nitrogens with zero attached hydrogens (tertiary/aromatic N) is 4. The van der Waals surface area contributed by atoms with Gasteiger partial charge < -0.3 is 25.6 Å². The molecule has 3 heterocycles. The van der Waals surface area contributed by atoms with Crippen LogP contribution in [0.4, 0.5) is 0 Å². The number of aliphatic hydroxyl groups excluding tert-OH is 2. The van der Waals surface area contributed by atoms with Crippen LogP contribution >= 0.6 is 0 Å². The highest BCUT2D eigenvalue weighted by Gasteiger charge is 2.51. The SMILES string of the molecule is C[C@H](c1ccccc1)[C@@H]1O[C@@H](N2C=NC3C(N)=NC=NC32)[C@H](O)[C@@H]1O. The van der Waals surface area contributed by atoms with Gasteiger partial charge in [-0.15, -0.1) is 0 Å². The van der Waals surface area contributed by atoms with Crippen LogP contribution in [0.15, 0.2) is 45.3 Å². The van der Waals surface area contributed by atoms with Crippen LogP contribution in [0.5, 0.6) is 0 Å². The summed E-state index contributed by atoms with van der Waals surface area (Å²) in [5.74, 6) is 0.300. The average molecular weight is 343 g/mol. The van der Waals surface area contributed by atoms with Gasteiger partial charge in [0.15, 0.2) is 12.4 Å². The van der Waals surface area contributed by atoms with Crippen molar-refractivity contribution in [2.24, 2.45) is 20.7 Å². The van der Waals surface area contributed by atoms with Crippen molar-refractivity contribution in [2.75, 3.05) is 0 Å². The van der Waals surface area contributed by atoms with Crippen molar-refractivity contribution in [1.82, 2.24) is 4.90 Å². The summed E-state index contributed by atoms with van der Waals surface area (Å²) in [5.41, 5.74) is 6.90. The number of rotatable bonds is 3. The smallest absolute Gasteiger partial charge is 0.161 e. The fourth-order valence-electron chi connectivity index (χ4n) is 3.60. The van der Waals surface area contributed by atoms with Gasteiger partial charge >= 0.3 is 0 Å². The number of fused-ring (bicyclic) bond motifs is 1. The Kier molecular flexibility index (Phi) is 4.03. The first-order valence-electron chi connectivity index (χ1n) is 8.30. The third-order valence-corrected chi connectivity index (χ3v) is 5.06. The van der Waals surface area contributed by atoms with E-state index in [1.165, 1.54) is 6.34 Å². The molecule has 3 aliphatic rings. The Morgan fingerprint density at radius 2 is 1.92 bits per heavy atom. The van der Waals surface area contributed by atoms with Gasteiger partial charge in [0.05, 0.1) is 12.4 Å². The summed E-state index contributed by atoms with van der Waals surface area (Å²) in [7, 11) is 0. The van der Waals surface area contributed by atoms with Gasteiger partial charge in [0.1, 0.15) is 30.4 Å². The highest BCUT2D eigenvalue weighted by Crippen LogP contribution is 2.35. The standard InChI is InChI=1S/C17H21N5O3/c1-9(10-5-3-2-4-6-10)14-12(23)13(24)17(25-14)22-8-21-11-15(18)19-7-20-16(11)22/h2-9,11-14,16-17,23-24H,1H3,(H2,18,19,20)/t9-,11?,12+,13-,14+,16?,17-/m1/s1. The van der Waals surface area contributed by atoms with E-state index in [2.05, 4.69) is 15.0 Å². The molecule has 132 valence electrons. The van der Waals surface area contributed by atoms with E-state index in [1.54, 1.807) is 11.2 Å². The first-order chi connectivity index (χ1) is 12.1. The zero-order valence-electron chi connectivity index (χ0n) is 13.8. The van der Waals surface area contributed by atoms with E-state index in [0.717, 1.165) is 5.56 Å². The summed E-state index contributed by atoms with van der Waals surface area (Å²) in [4.78, 5) is 14.3. The van der Waals surface area contributed by atoms with Crippen LogP contribution in [0.2, 0.25) is 0 Å². The summed E-state index contributed by atoms with van der Waals surface area (Å²) < 4.78 is 6.05. The minimum absolute atomic E-state index is 0.0762. The maximum Gasteiger partial charge on any atom is 0.161 e. The van der Waals surface area contributed by atoms with Crippen LogP contribution in [0, 0.1) is 0 Å². The second kappa shape index (κ2) is 6.21. The molecule has 0 radical (unpaired) electrons. The maximum atomic E-state index is 10.5. The van der Waals surface area contributed by atoms with Crippen LogP contribution in [-0.2, 0) is 4.74 Å². The van der Waals surface area contributed by atoms with Gasteiger partial charge in [-0.3, -0.25) is 4.99 Å². The Morgan fingerprint density at radius 3 is 2.68 bits per heavy atom. The predicted molar refractivity (Wildman–Crippen MR) is 93.6 cm³/mol. The van der Waals surface area contributed by atoms with Gasteiger partial charge in [-0.2, -0.15) is 0 Å². The number of aliphatic hydroxyl groups is 2. The number of nitrogens with two attached hydrogens (primary N) is 1. The Hall–Kier alpha value is -2.29. The van der Waals surface area contributed by atoms with Crippen LogP contribution in [0.1, 0.15) is 18.4 Å². The van der Waals surface area contributed by atoms with Crippen molar-refractivity contribution >= 4 is 18.5 Å². The van der Waals surface area contributed by atoms with Crippen LogP contribution in [0.3, 0.4) is 0 Å². The lowest BCUT2D eigenvalue weighted by molar-refractivity contribution is -0.0719. The Balaban J connectivity index is 1.54. The first kappa shape index (κ1) is 16.2. The minimum atomic E-state index is -1.07. The monoisotopic (exact) mass is 343 g/mol. The van der Waals surface area contributed by atoms with Crippen molar-refractivity contribution in [2.45, 2.75) is 49.6 Å². The molecule has 4 N–H and O–H groups in total. The van der Waals surface area contributed by atoms with Crippen molar-refractivity contribution in [1.29, 1.82) is 0 Å². The van der Waals surface area contributed by atoms with Gasteiger partial charge in [0.25, 0.3) is 0 Å². The molecule has 2 unspecified atom stereocenters. The van der Waals surface area contributed by atoms with Crippen molar-refractivity contribution in [3.63, 3.8) is 0 Å². The molecule has 0 amide bonds. The highest BCUT2D eigenvalue weighted by molar-refractivity contribution is 5.96. The van der Waals surface area contributed by atoms with Gasteiger partial charge in [-0.05, 0) is 5.56 Å². The highest BCUT2D eigenvalue weighted by atomic mass is 16.6. The number of aliphatic imine (C=N–C) groups is 3. The number of hydrogen-bond acceptors (Lipinski definition) is 8. The largest absolute Gasteiger partial charge is 0.387 e. The molecule has 0 saturated carbocycles. The molecular formula is C17H21N5O3. The summed E-state index contributed by atoms with van der Waals surface area (Å²) in [6.07, 6.45) is -0.810. The molecular weight excluding hydrogens is 322 g/mol. The fraction of sp³-hybridized carbons (Fsp3) is 0.471. The predicted octanol–water partition coefficient (Wildman–Crippen LogP) is -0.325. The third-order valence-electron chi connectivity index (χ3n) is 5.06.